The first-order chi connectivity index (χ1) is 12.1. The molecule has 6 heteroatoms. The Labute approximate surface area is 155 Å². The van der Waals surface area contributed by atoms with Gasteiger partial charge in [-0.05, 0) is 64.5 Å². The number of hydrogen-bond donors (Lipinski definition) is 0. The van der Waals surface area contributed by atoms with Gasteiger partial charge in [0.2, 0.25) is 5.91 Å². The van der Waals surface area contributed by atoms with Crippen LogP contribution in [0.5, 0.6) is 0 Å². The van der Waals surface area contributed by atoms with Gasteiger partial charge in [0, 0.05) is 5.75 Å². The van der Waals surface area contributed by atoms with Gasteiger partial charge in [0.1, 0.15) is 6.04 Å². The summed E-state index contributed by atoms with van der Waals surface area (Å²) < 4.78 is 5.29. The molecule has 0 radical (unpaired) electrons. The van der Waals surface area contributed by atoms with Gasteiger partial charge in [0.15, 0.2) is 0 Å². The summed E-state index contributed by atoms with van der Waals surface area (Å²) in [7, 11) is 0. The normalized spacial score (nSPS) is 33.6. The highest BCUT2D eigenvalue weighted by Gasteiger charge is 2.53. The van der Waals surface area contributed by atoms with Crippen molar-refractivity contribution in [3.63, 3.8) is 0 Å². The lowest BCUT2D eigenvalue weighted by Gasteiger charge is -2.44. The Morgan fingerprint density at radius 2 is 1.84 bits per heavy atom. The molecule has 1 aliphatic carbocycles. The van der Waals surface area contributed by atoms with Crippen LogP contribution in [0.1, 0.15) is 58.8 Å². The second kappa shape index (κ2) is 8.30. The van der Waals surface area contributed by atoms with E-state index >= 15 is 0 Å². The van der Waals surface area contributed by atoms with Gasteiger partial charge in [0.25, 0.3) is 0 Å². The summed E-state index contributed by atoms with van der Waals surface area (Å²) in [4.78, 5) is 29.8. The lowest BCUT2D eigenvalue weighted by atomic mass is 9.85. The zero-order chi connectivity index (χ0) is 17.9. The molecule has 0 N–H and O–H groups in total. The molecule has 0 unspecified atom stereocenters. The first-order valence-corrected chi connectivity index (χ1v) is 10.9. The number of carbonyl (C=O) groups is 2. The van der Waals surface area contributed by atoms with E-state index in [0.717, 1.165) is 38.8 Å². The monoisotopic (exact) mass is 368 g/mol. The van der Waals surface area contributed by atoms with E-state index in [0.29, 0.717) is 24.8 Å². The number of esters is 1. The van der Waals surface area contributed by atoms with Crippen molar-refractivity contribution in [2.45, 2.75) is 69.7 Å². The summed E-state index contributed by atoms with van der Waals surface area (Å²) in [5, 5.41) is 0. The molecule has 2 saturated heterocycles. The van der Waals surface area contributed by atoms with E-state index in [4.69, 9.17) is 4.74 Å². The van der Waals surface area contributed by atoms with E-state index in [1.165, 1.54) is 19.3 Å². The lowest BCUT2D eigenvalue weighted by molar-refractivity contribution is -0.157. The predicted molar refractivity (Wildman–Crippen MR) is 100 cm³/mol. The summed E-state index contributed by atoms with van der Waals surface area (Å²) in [5.41, 5.74) is 0. The number of piperidine rings is 1. The molecule has 0 aromatic heterocycles. The van der Waals surface area contributed by atoms with Crippen molar-refractivity contribution in [2.24, 2.45) is 5.92 Å². The van der Waals surface area contributed by atoms with Crippen molar-refractivity contribution in [3.8, 4) is 0 Å². The minimum Gasteiger partial charge on any atom is -0.464 e. The molecule has 142 valence electrons. The van der Waals surface area contributed by atoms with Crippen molar-refractivity contribution in [1.29, 1.82) is 0 Å². The van der Waals surface area contributed by atoms with Crippen molar-refractivity contribution in [1.82, 2.24) is 9.80 Å². The maximum absolute atomic E-state index is 13.3. The standard InChI is InChI=1S/C19H32N2O3S/c1-3-24-18(23)16-14-25-19(9-7-15(2)8-10-19)21(16)17(22)13-20-11-5-4-6-12-20/h15-16H,3-14H2,1-2H3/t15?,16-,19?/m0/s1. The van der Waals surface area contributed by atoms with Gasteiger partial charge in [-0.15, -0.1) is 11.8 Å². The van der Waals surface area contributed by atoms with Crippen molar-refractivity contribution in [3.05, 3.63) is 0 Å². The molecule has 1 saturated carbocycles. The fourth-order valence-electron chi connectivity index (χ4n) is 4.46. The molecule has 1 spiro atoms. The summed E-state index contributed by atoms with van der Waals surface area (Å²) in [6.45, 7) is 6.95. The Kier molecular flexibility index (Phi) is 6.31. The van der Waals surface area contributed by atoms with Crippen LogP contribution in [0.25, 0.3) is 0 Å². The second-order valence-electron chi connectivity index (χ2n) is 7.81. The number of thioether (sulfide) groups is 1. The smallest absolute Gasteiger partial charge is 0.329 e. The molecule has 0 aromatic rings. The molecular formula is C19H32N2O3S. The third-order valence-corrected chi connectivity index (χ3v) is 7.58. The van der Waals surface area contributed by atoms with Crippen LogP contribution in [-0.2, 0) is 14.3 Å². The molecule has 3 fully saturated rings. The van der Waals surface area contributed by atoms with E-state index in [-0.39, 0.29) is 16.7 Å². The SMILES string of the molecule is CCOC(=O)[C@@H]1CSC2(CCC(C)CC2)N1C(=O)CN1CCCCC1. The van der Waals surface area contributed by atoms with Gasteiger partial charge < -0.3 is 9.64 Å². The van der Waals surface area contributed by atoms with E-state index in [9.17, 15) is 9.59 Å². The first-order valence-electron chi connectivity index (χ1n) is 9.91. The maximum atomic E-state index is 13.3. The Morgan fingerprint density at radius 1 is 1.16 bits per heavy atom. The molecule has 5 nitrogen and oxygen atoms in total. The second-order valence-corrected chi connectivity index (χ2v) is 9.19. The third kappa shape index (κ3) is 4.16. The number of rotatable bonds is 4. The molecule has 3 rings (SSSR count). The first kappa shape index (κ1) is 19.0. The number of likely N-dealkylation sites (tertiary alicyclic amines) is 1. The third-order valence-electron chi connectivity index (χ3n) is 5.95. The summed E-state index contributed by atoms with van der Waals surface area (Å²) in [5.74, 6) is 1.29. The Balaban J connectivity index is 1.76. The zero-order valence-corrected chi connectivity index (χ0v) is 16.5. The quantitative estimate of drug-likeness (QED) is 0.714. The molecule has 1 atom stereocenters. The van der Waals surface area contributed by atoms with Crippen LogP contribution < -0.4 is 0 Å². The van der Waals surface area contributed by atoms with Crippen LogP contribution in [-0.4, -0.2) is 64.6 Å². The minimum atomic E-state index is -0.407. The average Bonchev–Trinajstić information content (AvgIpc) is 2.98. The highest BCUT2D eigenvalue weighted by Crippen LogP contribution is 2.50. The summed E-state index contributed by atoms with van der Waals surface area (Å²) in [6, 6.07) is -0.407. The number of ether oxygens (including phenoxy) is 1. The Bertz CT molecular complexity index is 485. The topological polar surface area (TPSA) is 49.9 Å². The van der Waals surface area contributed by atoms with E-state index in [1.807, 2.05) is 23.6 Å². The molecule has 0 bridgehead atoms. The van der Waals surface area contributed by atoms with E-state index in [1.54, 1.807) is 0 Å². The number of nitrogens with zero attached hydrogens (tertiary/aromatic N) is 2. The molecule has 3 aliphatic rings. The molecule has 2 heterocycles. The average molecular weight is 369 g/mol. The van der Waals surface area contributed by atoms with Gasteiger partial charge in [-0.25, -0.2) is 4.79 Å². The number of amides is 1. The van der Waals surface area contributed by atoms with Gasteiger partial charge in [0.05, 0.1) is 18.0 Å². The zero-order valence-electron chi connectivity index (χ0n) is 15.7. The van der Waals surface area contributed by atoms with Crippen molar-refractivity contribution < 1.29 is 14.3 Å². The Hall–Kier alpha value is -0.750. The molecule has 1 amide bonds. The van der Waals surface area contributed by atoms with Crippen molar-refractivity contribution in [2.75, 3.05) is 32.0 Å². The van der Waals surface area contributed by atoms with Gasteiger partial charge >= 0.3 is 5.97 Å². The van der Waals surface area contributed by atoms with Crippen LogP contribution in [0.4, 0.5) is 0 Å². The van der Waals surface area contributed by atoms with Crippen molar-refractivity contribution >= 4 is 23.6 Å². The van der Waals surface area contributed by atoms with Crippen LogP contribution in [0.3, 0.4) is 0 Å². The fraction of sp³-hybridized carbons (Fsp3) is 0.895. The minimum absolute atomic E-state index is 0.125. The highest BCUT2D eigenvalue weighted by molar-refractivity contribution is 8.01. The van der Waals surface area contributed by atoms with E-state index in [2.05, 4.69) is 11.8 Å². The summed E-state index contributed by atoms with van der Waals surface area (Å²) in [6.07, 6.45) is 7.88. The fourth-order valence-corrected chi connectivity index (χ4v) is 6.10. The highest BCUT2D eigenvalue weighted by atomic mass is 32.2. The van der Waals surface area contributed by atoms with Gasteiger partial charge in [-0.1, -0.05) is 13.3 Å². The Morgan fingerprint density at radius 3 is 2.48 bits per heavy atom. The molecular weight excluding hydrogens is 336 g/mol. The summed E-state index contributed by atoms with van der Waals surface area (Å²) >= 11 is 1.81. The van der Waals surface area contributed by atoms with Crippen LogP contribution in [0, 0.1) is 5.92 Å². The molecule has 0 aromatic carbocycles. The van der Waals surface area contributed by atoms with Crippen LogP contribution in [0.2, 0.25) is 0 Å². The number of hydrogen-bond acceptors (Lipinski definition) is 5. The van der Waals surface area contributed by atoms with Crippen LogP contribution in [0.15, 0.2) is 0 Å². The largest absolute Gasteiger partial charge is 0.464 e. The van der Waals surface area contributed by atoms with Gasteiger partial charge in [-0.2, -0.15) is 0 Å². The number of carbonyl (C=O) groups excluding carboxylic acids is 2. The lowest BCUT2D eigenvalue weighted by Crippen LogP contribution is -2.56. The molecule has 25 heavy (non-hydrogen) atoms. The van der Waals surface area contributed by atoms with E-state index < -0.39 is 6.04 Å². The van der Waals surface area contributed by atoms with Crippen LogP contribution >= 0.6 is 11.8 Å². The predicted octanol–water partition coefficient (Wildman–Crippen LogP) is 2.89. The maximum Gasteiger partial charge on any atom is 0.329 e. The molecule has 2 aliphatic heterocycles. The van der Waals surface area contributed by atoms with Gasteiger partial charge in [-0.3, -0.25) is 9.69 Å².